The zero-order valence-electron chi connectivity index (χ0n) is 19.7. The van der Waals surface area contributed by atoms with E-state index in [0.29, 0.717) is 24.4 Å². The monoisotopic (exact) mass is 410 g/mol. The minimum atomic E-state index is 0.257. The van der Waals surface area contributed by atoms with Gasteiger partial charge in [0, 0.05) is 0 Å². The maximum absolute atomic E-state index is 5.73. The van der Waals surface area contributed by atoms with Crippen molar-refractivity contribution in [2.45, 2.75) is 127 Å². The molecule has 166 valence electrons. The van der Waals surface area contributed by atoms with Gasteiger partial charge < -0.3 is 9.47 Å². The first-order chi connectivity index (χ1) is 14.3. The van der Waals surface area contributed by atoms with Crippen molar-refractivity contribution in [3.05, 3.63) is 35.4 Å². The van der Waals surface area contributed by atoms with E-state index in [1.54, 1.807) is 0 Å². The fraction of sp³-hybridized carbons (Fsp3) is 0.786. The molecule has 2 aliphatic heterocycles. The fourth-order valence-corrected chi connectivity index (χ4v) is 6.29. The maximum atomic E-state index is 5.73. The summed E-state index contributed by atoms with van der Waals surface area (Å²) in [6.07, 6.45) is 15.7. The van der Waals surface area contributed by atoms with Crippen molar-refractivity contribution in [3.8, 4) is 0 Å². The number of rotatable bonds is 8. The number of fused-ring (bicyclic) bond motifs is 2. The molecule has 4 aliphatic rings. The van der Waals surface area contributed by atoms with Crippen molar-refractivity contribution in [1.29, 1.82) is 0 Å². The second kappa shape index (κ2) is 7.93. The van der Waals surface area contributed by atoms with E-state index >= 15 is 0 Å². The smallest absolute Gasteiger partial charge is 0.0844 e. The van der Waals surface area contributed by atoms with Gasteiger partial charge in [-0.1, -0.05) is 52.0 Å². The van der Waals surface area contributed by atoms with E-state index in [1.165, 1.54) is 75.3 Å². The normalized spacial score (nSPS) is 35.5. The van der Waals surface area contributed by atoms with E-state index in [9.17, 15) is 0 Å². The topological polar surface area (TPSA) is 25.1 Å². The van der Waals surface area contributed by atoms with Gasteiger partial charge in [0.1, 0.15) is 0 Å². The molecule has 30 heavy (non-hydrogen) atoms. The van der Waals surface area contributed by atoms with Gasteiger partial charge in [0.2, 0.25) is 0 Å². The van der Waals surface area contributed by atoms with Crippen LogP contribution in [0.4, 0.5) is 0 Å². The molecule has 2 saturated carbocycles. The average molecular weight is 411 g/mol. The van der Waals surface area contributed by atoms with Crippen LogP contribution in [0.15, 0.2) is 24.3 Å². The third-order valence-corrected chi connectivity index (χ3v) is 9.03. The van der Waals surface area contributed by atoms with Gasteiger partial charge in [0.05, 0.1) is 24.4 Å². The Morgan fingerprint density at radius 3 is 1.40 bits per heavy atom. The molecule has 1 aromatic carbocycles. The van der Waals surface area contributed by atoms with E-state index < -0.39 is 0 Å². The molecule has 0 spiro atoms. The predicted octanol–water partition coefficient (Wildman–Crippen LogP) is 6.94. The van der Waals surface area contributed by atoms with Crippen molar-refractivity contribution in [2.75, 3.05) is 0 Å². The van der Waals surface area contributed by atoms with Crippen molar-refractivity contribution in [1.82, 2.24) is 0 Å². The molecule has 6 atom stereocenters. The largest absolute Gasteiger partial charge is 0.370 e. The van der Waals surface area contributed by atoms with Crippen LogP contribution in [0.5, 0.6) is 0 Å². The number of ether oxygens (including phenoxy) is 2. The molecule has 4 fully saturated rings. The first-order valence-corrected chi connectivity index (χ1v) is 12.7. The van der Waals surface area contributed by atoms with Gasteiger partial charge >= 0.3 is 0 Å². The first kappa shape index (κ1) is 21.0. The van der Waals surface area contributed by atoms with Crippen LogP contribution in [-0.4, -0.2) is 24.4 Å². The molecule has 0 radical (unpaired) electrons. The molecule has 1 aromatic rings. The van der Waals surface area contributed by atoms with Crippen LogP contribution in [0.1, 0.15) is 103 Å². The molecule has 2 saturated heterocycles. The highest BCUT2D eigenvalue weighted by molar-refractivity contribution is 5.32. The summed E-state index contributed by atoms with van der Waals surface area (Å²) >= 11 is 0. The van der Waals surface area contributed by atoms with Gasteiger partial charge in [-0.05, 0) is 98.0 Å². The van der Waals surface area contributed by atoms with Gasteiger partial charge in [0.25, 0.3) is 0 Å². The first-order valence-electron chi connectivity index (χ1n) is 12.7. The number of benzene rings is 1. The van der Waals surface area contributed by atoms with Crippen molar-refractivity contribution in [2.24, 2.45) is 11.8 Å². The molecule has 0 bridgehead atoms. The lowest BCUT2D eigenvalue weighted by Gasteiger charge is -2.31. The minimum absolute atomic E-state index is 0.257. The molecule has 2 nitrogen and oxygen atoms in total. The second-order valence-corrected chi connectivity index (χ2v) is 12.2. The van der Waals surface area contributed by atoms with E-state index in [-0.39, 0.29) is 10.8 Å². The van der Waals surface area contributed by atoms with Gasteiger partial charge in [-0.2, -0.15) is 0 Å². The zero-order valence-corrected chi connectivity index (χ0v) is 19.7. The highest BCUT2D eigenvalue weighted by Gasteiger charge is 2.44. The highest BCUT2D eigenvalue weighted by atomic mass is 16.6. The van der Waals surface area contributed by atoms with E-state index in [0.717, 1.165) is 11.8 Å². The molecule has 2 heterocycles. The lowest BCUT2D eigenvalue weighted by atomic mass is 9.73. The van der Waals surface area contributed by atoms with Gasteiger partial charge in [0.15, 0.2) is 0 Å². The number of hydrogen-bond acceptors (Lipinski definition) is 2. The lowest BCUT2D eigenvalue weighted by Crippen LogP contribution is -2.23. The van der Waals surface area contributed by atoms with Crippen LogP contribution < -0.4 is 0 Å². The summed E-state index contributed by atoms with van der Waals surface area (Å²) in [5.41, 5.74) is 3.52. The Morgan fingerprint density at radius 1 is 0.633 bits per heavy atom. The number of hydrogen-bond donors (Lipinski definition) is 0. The maximum Gasteiger partial charge on any atom is 0.0844 e. The summed E-state index contributed by atoms with van der Waals surface area (Å²) in [7, 11) is 0. The van der Waals surface area contributed by atoms with Gasteiger partial charge in [-0.15, -0.1) is 0 Å². The molecule has 2 aliphatic carbocycles. The molecule has 6 unspecified atom stereocenters. The SMILES string of the molecule is CC(C)(CCC1CCC2OC2C1)c1ccc(C(C)(C)CCC2CCC3OC3C2)cc1. The molecular weight excluding hydrogens is 368 g/mol. The van der Waals surface area contributed by atoms with Crippen LogP contribution in [0.3, 0.4) is 0 Å². The third kappa shape index (κ3) is 4.65. The predicted molar refractivity (Wildman–Crippen MR) is 123 cm³/mol. The Hall–Kier alpha value is -0.860. The van der Waals surface area contributed by atoms with Crippen LogP contribution >= 0.6 is 0 Å². The van der Waals surface area contributed by atoms with E-state index in [4.69, 9.17) is 9.47 Å². The Morgan fingerprint density at radius 2 is 1.03 bits per heavy atom. The lowest BCUT2D eigenvalue weighted by molar-refractivity contribution is 0.316. The van der Waals surface area contributed by atoms with Crippen LogP contribution in [-0.2, 0) is 20.3 Å². The minimum Gasteiger partial charge on any atom is -0.370 e. The summed E-state index contributed by atoms with van der Waals surface area (Å²) < 4.78 is 11.5. The second-order valence-electron chi connectivity index (χ2n) is 12.2. The van der Waals surface area contributed by atoms with Crippen LogP contribution in [0.2, 0.25) is 0 Å². The molecule has 0 amide bonds. The van der Waals surface area contributed by atoms with Crippen LogP contribution in [0.25, 0.3) is 0 Å². The van der Waals surface area contributed by atoms with Crippen molar-refractivity contribution in [3.63, 3.8) is 0 Å². The van der Waals surface area contributed by atoms with Gasteiger partial charge in [-0.25, -0.2) is 0 Å². The average Bonchev–Trinajstić information content (AvgIpc) is 3.65. The molecule has 5 rings (SSSR count). The summed E-state index contributed by atoms with van der Waals surface area (Å²) in [5, 5.41) is 0. The van der Waals surface area contributed by atoms with Gasteiger partial charge in [-0.3, -0.25) is 0 Å². The number of epoxide rings is 2. The zero-order chi connectivity index (χ0) is 20.9. The molecule has 2 heteroatoms. The molecule has 0 N–H and O–H groups in total. The Balaban J connectivity index is 1.14. The van der Waals surface area contributed by atoms with E-state index in [2.05, 4.69) is 52.0 Å². The Labute approximate surface area is 184 Å². The molecular formula is C28H42O2. The standard InChI is InChI=1S/C28H42O2/c1-27(2,15-13-19-5-11-23-25(17-19)29-23)21-7-9-22(10-8-21)28(3,4)16-14-20-6-12-24-26(18-20)30-24/h7-10,19-20,23-26H,5-6,11-18H2,1-4H3. The Kier molecular flexibility index (Phi) is 5.55. The van der Waals surface area contributed by atoms with Crippen LogP contribution in [0, 0.1) is 11.8 Å². The quantitative estimate of drug-likeness (QED) is 0.434. The van der Waals surface area contributed by atoms with Crippen molar-refractivity contribution < 1.29 is 9.47 Å². The van der Waals surface area contributed by atoms with Crippen molar-refractivity contribution >= 4 is 0 Å². The van der Waals surface area contributed by atoms with E-state index in [1.807, 2.05) is 0 Å². The fourth-order valence-electron chi connectivity index (χ4n) is 6.29. The third-order valence-electron chi connectivity index (χ3n) is 9.03. The summed E-state index contributed by atoms with van der Waals surface area (Å²) in [6.45, 7) is 9.73. The Bertz CT molecular complexity index is 671. The highest BCUT2D eigenvalue weighted by Crippen LogP contribution is 2.44. The molecule has 0 aromatic heterocycles. The summed E-state index contributed by atoms with van der Waals surface area (Å²) in [4.78, 5) is 0. The summed E-state index contributed by atoms with van der Waals surface area (Å²) in [6, 6.07) is 9.67. The summed E-state index contributed by atoms with van der Waals surface area (Å²) in [5.74, 6) is 1.75.